The first-order chi connectivity index (χ1) is 8.10. The van der Waals surface area contributed by atoms with Crippen molar-refractivity contribution in [3.8, 4) is 11.6 Å². The average Bonchev–Trinajstić information content (AvgIpc) is 2.81. The van der Waals surface area contributed by atoms with Crippen LogP contribution in [0.3, 0.4) is 0 Å². The molecule has 0 saturated heterocycles. The lowest BCUT2D eigenvalue weighted by atomic mass is 10.1. The SMILES string of the molecule is CC1(C)CC1c1noc(-c2csc(CN)n2)n1. The van der Waals surface area contributed by atoms with Gasteiger partial charge in [-0.25, -0.2) is 4.98 Å². The predicted molar refractivity (Wildman–Crippen MR) is 64.4 cm³/mol. The molecule has 0 spiro atoms. The van der Waals surface area contributed by atoms with Crippen LogP contribution in [0.4, 0.5) is 0 Å². The van der Waals surface area contributed by atoms with Crippen molar-refractivity contribution in [2.45, 2.75) is 32.7 Å². The minimum absolute atomic E-state index is 0.311. The van der Waals surface area contributed by atoms with Crippen LogP contribution in [0, 0.1) is 5.41 Å². The van der Waals surface area contributed by atoms with Crippen LogP contribution in [0.1, 0.15) is 37.0 Å². The van der Waals surface area contributed by atoms with E-state index in [-0.39, 0.29) is 0 Å². The lowest BCUT2D eigenvalue weighted by Crippen LogP contribution is -1.94. The van der Waals surface area contributed by atoms with Gasteiger partial charge in [-0.1, -0.05) is 19.0 Å². The maximum atomic E-state index is 5.52. The number of hydrogen-bond acceptors (Lipinski definition) is 6. The third kappa shape index (κ3) is 1.87. The number of aromatic nitrogens is 3. The first-order valence-electron chi connectivity index (χ1n) is 5.58. The molecule has 0 radical (unpaired) electrons. The largest absolute Gasteiger partial charge is 0.332 e. The molecular formula is C11H14N4OS. The molecule has 1 atom stereocenters. The fourth-order valence-corrected chi connectivity index (χ4v) is 2.54. The average molecular weight is 250 g/mol. The zero-order valence-electron chi connectivity index (χ0n) is 9.80. The molecule has 1 aliphatic carbocycles. The lowest BCUT2D eigenvalue weighted by Gasteiger charge is -1.95. The molecule has 1 fully saturated rings. The van der Waals surface area contributed by atoms with Crippen molar-refractivity contribution in [1.82, 2.24) is 15.1 Å². The van der Waals surface area contributed by atoms with E-state index < -0.39 is 0 Å². The predicted octanol–water partition coefficient (Wildman–Crippen LogP) is 2.17. The zero-order chi connectivity index (χ0) is 12.0. The summed E-state index contributed by atoms with van der Waals surface area (Å²) in [6.07, 6.45) is 1.12. The van der Waals surface area contributed by atoms with E-state index in [0.29, 0.717) is 23.8 Å². The number of nitrogens with two attached hydrogens (primary N) is 1. The Morgan fingerprint density at radius 1 is 1.53 bits per heavy atom. The highest BCUT2D eigenvalue weighted by Crippen LogP contribution is 2.57. The van der Waals surface area contributed by atoms with Crippen LogP contribution in [0.5, 0.6) is 0 Å². The van der Waals surface area contributed by atoms with Crippen LogP contribution in [-0.4, -0.2) is 15.1 Å². The summed E-state index contributed by atoms with van der Waals surface area (Å²) >= 11 is 1.51. The van der Waals surface area contributed by atoms with Crippen LogP contribution >= 0.6 is 11.3 Å². The van der Waals surface area contributed by atoms with Crippen LogP contribution in [0.2, 0.25) is 0 Å². The van der Waals surface area contributed by atoms with Gasteiger partial charge in [-0.15, -0.1) is 11.3 Å². The molecule has 0 bridgehead atoms. The molecule has 1 saturated carbocycles. The maximum absolute atomic E-state index is 5.52. The molecule has 2 heterocycles. The van der Waals surface area contributed by atoms with Crippen LogP contribution in [0.15, 0.2) is 9.90 Å². The topological polar surface area (TPSA) is 77.8 Å². The Hall–Kier alpha value is -1.27. The van der Waals surface area contributed by atoms with Crippen molar-refractivity contribution in [2.75, 3.05) is 0 Å². The standard InChI is InChI=1S/C11H14N4OS/c1-11(2)3-6(11)9-14-10(16-15-9)7-5-17-8(4-12)13-7/h5-6H,3-4,12H2,1-2H3. The summed E-state index contributed by atoms with van der Waals surface area (Å²) in [7, 11) is 0. The van der Waals surface area contributed by atoms with Crippen LogP contribution < -0.4 is 5.73 Å². The van der Waals surface area contributed by atoms with Gasteiger partial charge in [-0.05, 0) is 11.8 Å². The van der Waals surface area contributed by atoms with Crippen molar-refractivity contribution in [3.05, 3.63) is 16.2 Å². The first kappa shape index (κ1) is 10.9. The molecule has 0 amide bonds. The maximum Gasteiger partial charge on any atom is 0.277 e. The second-order valence-electron chi connectivity index (χ2n) is 5.03. The van der Waals surface area contributed by atoms with Crippen molar-refractivity contribution in [2.24, 2.45) is 11.1 Å². The fraction of sp³-hybridized carbons (Fsp3) is 0.545. The van der Waals surface area contributed by atoms with Crippen LogP contribution in [-0.2, 0) is 6.54 Å². The molecule has 17 heavy (non-hydrogen) atoms. The third-order valence-corrected chi connectivity index (χ3v) is 4.08. The van der Waals surface area contributed by atoms with Gasteiger partial charge in [0.1, 0.15) is 10.7 Å². The Morgan fingerprint density at radius 2 is 2.29 bits per heavy atom. The van der Waals surface area contributed by atoms with E-state index >= 15 is 0 Å². The van der Waals surface area contributed by atoms with Crippen molar-refractivity contribution >= 4 is 11.3 Å². The number of nitrogens with zero attached hydrogens (tertiary/aromatic N) is 3. The smallest absolute Gasteiger partial charge is 0.277 e. The minimum atomic E-state index is 0.311. The molecule has 3 rings (SSSR count). The number of rotatable bonds is 3. The molecule has 90 valence electrons. The molecule has 0 aromatic carbocycles. The molecule has 5 nitrogen and oxygen atoms in total. The van der Waals surface area contributed by atoms with E-state index in [2.05, 4.69) is 29.0 Å². The highest BCUT2D eigenvalue weighted by Gasteiger charge is 2.49. The van der Waals surface area contributed by atoms with Gasteiger partial charge in [0.25, 0.3) is 5.89 Å². The molecule has 2 aromatic heterocycles. The van der Waals surface area contributed by atoms with E-state index in [1.165, 1.54) is 11.3 Å². The minimum Gasteiger partial charge on any atom is -0.332 e. The molecule has 1 unspecified atom stereocenters. The monoisotopic (exact) mass is 250 g/mol. The number of thiazole rings is 1. The van der Waals surface area contributed by atoms with Crippen molar-refractivity contribution in [1.29, 1.82) is 0 Å². The molecular weight excluding hydrogens is 236 g/mol. The second-order valence-corrected chi connectivity index (χ2v) is 5.98. The van der Waals surface area contributed by atoms with Gasteiger partial charge < -0.3 is 10.3 Å². The van der Waals surface area contributed by atoms with E-state index in [1.807, 2.05) is 5.38 Å². The molecule has 1 aliphatic rings. The molecule has 2 N–H and O–H groups in total. The number of hydrogen-bond donors (Lipinski definition) is 1. The van der Waals surface area contributed by atoms with E-state index in [1.54, 1.807) is 0 Å². The Kier molecular flexibility index (Phi) is 2.31. The Labute approximate surface area is 103 Å². The fourth-order valence-electron chi connectivity index (χ4n) is 1.89. The van der Waals surface area contributed by atoms with Crippen molar-refractivity contribution < 1.29 is 4.52 Å². The highest BCUT2D eigenvalue weighted by atomic mass is 32.1. The van der Waals surface area contributed by atoms with Gasteiger partial charge in [-0.3, -0.25) is 0 Å². The lowest BCUT2D eigenvalue weighted by molar-refractivity contribution is 0.418. The summed E-state index contributed by atoms with van der Waals surface area (Å²) in [5.41, 5.74) is 6.56. The third-order valence-electron chi connectivity index (χ3n) is 3.21. The van der Waals surface area contributed by atoms with Crippen LogP contribution in [0.25, 0.3) is 11.6 Å². The van der Waals surface area contributed by atoms with Crippen molar-refractivity contribution in [3.63, 3.8) is 0 Å². The Bertz CT molecular complexity index is 545. The highest BCUT2D eigenvalue weighted by molar-refractivity contribution is 7.09. The summed E-state index contributed by atoms with van der Waals surface area (Å²) in [4.78, 5) is 8.74. The summed E-state index contributed by atoms with van der Waals surface area (Å²) in [5, 5.41) is 6.81. The van der Waals surface area contributed by atoms with Gasteiger partial charge in [0, 0.05) is 17.8 Å². The summed E-state index contributed by atoms with van der Waals surface area (Å²) in [6.45, 7) is 4.87. The second kappa shape index (κ2) is 3.61. The van der Waals surface area contributed by atoms with Gasteiger partial charge in [0.05, 0.1) is 0 Å². The van der Waals surface area contributed by atoms with Gasteiger partial charge in [0.2, 0.25) is 0 Å². The van der Waals surface area contributed by atoms with Gasteiger partial charge in [-0.2, -0.15) is 4.98 Å². The van der Waals surface area contributed by atoms with Gasteiger partial charge in [0.15, 0.2) is 5.82 Å². The summed E-state index contributed by atoms with van der Waals surface area (Å²) in [6, 6.07) is 0. The summed E-state index contributed by atoms with van der Waals surface area (Å²) < 4.78 is 5.25. The normalized spacial score (nSPS) is 21.7. The summed E-state index contributed by atoms with van der Waals surface area (Å²) in [5.74, 6) is 1.72. The zero-order valence-corrected chi connectivity index (χ0v) is 10.6. The van der Waals surface area contributed by atoms with Gasteiger partial charge >= 0.3 is 0 Å². The van der Waals surface area contributed by atoms with E-state index in [4.69, 9.17) is 10.3 Å². The van der Waals surface area contributed by atoms with E-state index in [9.17, 15) is 0 Å². The Balaban J connectivity index is 1.85. The quantitative estimate of drug-likeness (QED) is 0.903. The molecule has 0 aliphatic heterocycles. The van der Waals surface area contributed by atoms with E-state index in [0.717, 1.165) is 22.9 Å². The molecule has 6 heteroatoms. The molecule has 2 aromatic rings. The first-order valence-corrected chi connectivity index (χ1v) is 6.46. The Morgan fingerprint density at radius 3 is 2.88 bits per heavy atom.